The monoisotopic (exact) mass is 407 g/mol. The average molecular weight is 408 g/mol. The van der Waals surface area contributed by atoms with E-state index in [1.165, 1.54) is 12.0 Å². The van der Waals surface area contributed by atoms with Gasteiger partial charge in [-0.2, -0.15) is 0 Å². The number of halogens is 1. The number of hydrogen-bond donors (Lipinski definition) is 1. The minimum absolute atomic E-state index is 0.0787. The smallest absolute Gasteiger partial charge is 0.317 e. The topological polar surface area (TPSA) is 45.2 Å². The first-order chi connectivity index (χ1) is 14.1. The van der Waals surface area contributed by atoms with Crippen LogP contribution in [0, 0.1) is 6.92 Å². The number of nitrogens with one attached hydrogen (secondary N) is 1. The molecule has 1 aromatic heterocycles. The van der Waals surface area contributed by atoms with Crippen LogP contribution in [0.2, 0.25) is 5.15 Å². The summed E-state index contributed by atoms with van der Waals surface area (Å²) in [5.41, 5.74) is 3.73. The Balaban J connectivity index is 1.60. The normalized spacial score (nSPS) is 14.7. The summed E-state index contributed by atoms with van der Waals surface area (Å²) >= 11 is 6.50. The fraction of sp³-hybridized carbons (Fsp3) is 0.333. The molecule has 1 saturated carbocycles. The average Bonchev–Trinajstić information content (AvgIpc) is 2.74. The van der Waals surface area contributed by atoms with Gasteiger partial charge in [-0.05, 0) is 44.0 Å². The van der Waals surface area contributed by atoms with Gasteiger partial charge in [-0.1, -0.05) is 66.8 Å². The van der Waals surface area contributed by atoms with E-state index in [1.807, 2.05) is 60.4 Å². The van der Waals surface area contributed by atoms with E-state index < -0.39 is 0 Å². The molecule has 0 unspecified atom stereocenters. The molecule has 5 heteroatoms. The van der Waals surface area contributed by atoms with Crippen molar-refractivity contribution in [1.82, 2.24) is 9.88 Å². The molecule has 1 N–H and O–H groups in total. The summed E-state index contributed by atoms with van der Waals surface area (Å²) in [5, 5.41) is 4.57. The highest BCUT2D eigenvalue weighted by Crippen LogP contribution is 2.28. The Hall–Kier alpha value is -2.59. The number of pyridine rings is 1. The summed E-state index contributed by atoms with van der Waals surface area (Å²) in [5.74, 6) is 0. The molecule has 2 aromatic carbocycles. The second-order valence-electron chi connectivity index (χ2n) is 7.85. The molecule has 1 aliphatic carbocycles. The maximum atomic E-state index is 13.2. The number of aromatic nitrogens is 1. The Labute approximate surface area is 176 Å². The molecule has 0 spiro atoms. The molecule has 0 saturated heterocycles. The lowest BCUT2D eigenvalue weighted by atomic mass is 9.94. The molecule has 0 bridgehead atoms. The van der Waals surface area contributed by atoms with Crippen LogP contribution in [0.1, 0.15) is 43.2 Å². The molecule has 1 fully saturated rings. The van der Waals surface area contributed by atoms with Crippen LogP contribution in [-0.2, 0) is 6.54 Å². The second-order valence-corrected chi connectivity index (χ2v) is 8.20. The summed E-state index contributed by atoms with van der Waals surface area (Å²) in [4.78, 5) is 19.7. The van der Waals surface area contributed by atoms with Crippen molar-refractivity contribution in [2.45, 2.75) is 51.6 Å². The van der Waals surface area contributed by atoms with Crippen LogP contribution < -0.4 is 5.32 Å². The van der Waals surface area contributed by atoms with E-state index in [9.17, 15) is 4.79 Å². The van der Waals surface area contributed by atoms with E-state index >= 15 is 0 Å². The standard InChI is InChI=1S/C24H26ClN3O/c1-17-11-13-20(14-12-17)26-24(29)28(21-8-3-2-4-9-21)16-19-15-18-7-5-6-10-22(18)27-23(19)25/h5-7,10-15,21H,2-4,8-9,16H2,1H3,(H,26,29). The first kappa shape index (κ1) is 19.7. The number of rotatable bonds is 4. The molecule has 29 heavy (non-hydrogen) atoms. The highest BCUT2D eigenvalue weighted by Gasteiger charge is 2.26. The Bertz CT molecular complexity index is 997. The molecule has 4 rings (SSSR count). The Kier molecular flexibility index (Phi) is 6.00. The minimum atomic E-state index is -0.0787. The van der Waals surface area contributed by atoms with Gasteiger partial charge in [-0.25, -0.2) is 9.78 Å². The zero-order chi connectivity index (χ0) is 20.2. The summed E-state index contributed by atoms with van der Waals surface area (Å²) in [7, 11) is 0. The third-order valence-electron chi connectivity index (χ3n) is 5.67. The van der Waals surface area contributed by atoms with Crippen LogP contribution in [0.25, 0.3) is 10.9 Å². The number of carbonyl (C=O) groups excluding carboxylic acids is 1. The SMILES string of the molecule is Cc1ccc(NC(=O)N(Cc2cc3ccccc3nc2Cl)C2CCCCC2)cc1. The first-order valence-corrected chi connectivity index (χ1v) is 10.7. The fourth-order valence-corrected chi connectivity index (χ4v) is 4.23. The van der Waals surface area contributed by atoms with Crippen molar-refractivity contribution in [1.29, 1.82) is 0 Å². The van der Waals surface area contributed by atoms with Crippen molar-refractivity contribution >= 4 is 34.2 Å². The Morgan fingerprint density at radius 2 is 1.83 bits per heavy atom. The van der Waals surface area contributed by atoms with E-state index in [2.05, 4.69) is 16.4 Å². The zero-order valence-corrected chi connectivity index (χ0v) is 17.5. The Morgan fingerprint density at radius 1 is 1.10 bits per heavy atom. The van der Waals surface area contributed by atoms with Crippen molar-refractivity contribution in [3.8, 4) is 0 Å². The lowest BCUT2D eigenvalue weighted by molar-refractivity contribution is 0.163. The van der Waals surface area contributed by atoms with E-state index in [1.54, 1.807) is 0 Å². The Morgan fingerprint density at radius 3 is 2.59 bits per heavy atom. The van der Waals surface area contributed by atoms with Gasteiger partial charge in [0.05, 0.1) is 12.1 Å². The van der Waals surface area contributed by atoms with Gasteiger partial charge in [0.2, 0.25) is 0 Å². The van der Waals surface area contributed by atoms with Crippen molar-refractivity contribution < 1.29 is 4.79 Å². The van der Waals surface area contributed by atoms with Gasteiger partial charge in [0, 0.05) is 22.7 Å². The van der Waals surface area contributed by atoms with Gasteiger partial charge in [0.25, 0.3) is 0 Å². The maximum absolute atomic E-state index is 13.2. The van der Waals surface area contributed by atoms with Crippen molar-refractivity contribution in [2.75, 3.05) is 5.32 Å². The zero-order valence-electron chi connectivity index (χ0n) is 16.7. The van der Waals surface area contributed by atoms with Gasteiger partial charge in [0.15, 0.2) is 0 Å². The third-order valence-corrected chi connectivity index (χ3v) is 6.00. The number of fused-ring (bicyclic) bond motifs is 1. The third kappa shape index (κ3) is 4.70. The van der Waals surface area contributed by atoms with Gasteiger partial charge >= 0.3 is 6.03 Å². The summed E-state index contributed by atoms with van der Waals surface area (Å²) in [6, 6.07) is 18.0. The predicted molar refractivity (Wildman–Crippen MR) is 119 cm³/mol. The van der Waals surface area contributed by atoms with Gasteiger partial charge in [-0.15, -0.1) is 0 Å². The van der Waals surface area contributed by atoms with E-state index in [0.717, 1.165) is 47.8 Å². The van der Waals surface area contributed by atoms with Crippen LogP contribution in [-0.4, -0.2) is 22.0 Å². The van der Waals surface area contributed by atoms with Crippen LogP contribution in [0.5, 0.6) is 0 Å². The lowest BCUT2D eigenvalue weighted by Crippen LogP contribution is -2.43. The molecule has 2 amide bonds. The number of carbonyl (C=O) groups is 1. The molecule has 4 nitrogen and oxygen atoms in total. The number of nitrogens with zero attached hydrogens (tertiary/aromatic N) is 2. The summed E-state index contributed by atoms with van der Waals surface area (Å²) < 4.78 is 0. The molecule has 1 aliphatic rings. The minimum Gasteiger partial charge on any atom is -0.317 e. The number of benzene rings is 2. The fourth-order valence-electron chi connectivity index (χ4n) is 4.02. The van der Waals surface area contributed by atoms with Crippen LogP contribution in [0.15, 0.2) is 54.6 Å². The second kappa shape index (κ2) is 8.83. The first-order valence-electron chi connectivity index (χ1n) is 10.3. The molecule has 3 aromatic rings. The summed E-state index contributed by atoms with van der Waals surface area (Å²) in [6.45, 7) is 2.49. The number of aryl methyl sites for hydroxylation is 1. The number of anilines is 1. The molecular formula is C24H26ClN3O. The number of urea groups is 1. The van der Waals surface area contributed by atoms with Crippen molar-refractivity contribution in [3.05, 3.63) is 70.9 Å². The number of amides is 2. The van der Waals surface area contributed by atoms with Gasteiger partial charge < -0.3 is 10.2 Å². The van der Waals surface area contributed by atoms with E-state index in [4.69, 9.17) is 11.6 Å². The largest absolute Gasteiger partial charge is 0.322 e. The molecule has 1 heterocycles. The van der Waals surface area contributed by atoms with Crippen molar-refractivity contribution in [2.24, 2.45) is 0 Å². The van der Waals surface area contributed by atoms with Gasteiger partial charge in [0.1, 0.15) is 5.15 Å². The quantitative estimate of drug-likeness (QED) is 0.497. The highest BCUT2D eigenvalue weighted by molar-refractivity contribution is 6.30. The highest BCUT2D eigenvalue weighted by atomic mass is 35.5. The molecular weight excluding hydrogens is 382 g/mol. The molecule has 0 aliphatic heterocycles. The molecule has 150 valence electrons. The maximum Gasteiger partial charge on any atom is 0.322 e. The molecule has 0 radical (unpaired) electrons. The van der Waals surface area contributed by atoms with Crippen LogP contribution in [0.3, 0.4) is 0 Å². The van der Waals surface area contributed by atoms with E-state index in [-0.39, 0.29) is 12.1 Å². The lowest BCUT2D eigenvalue weighted by Gasteiger charge is -2.34. The van der Waals surface area contributed by atoms with E-state index in [0.29, 0.717) is 11.7 Å². The predicted octanol–water partition coefficient (Wildman–Crippen LogP) is 6.56. The number of para-hydroxylation sites is 1. The van der Waals surface area contributed by atoms with Crippen LogP contribution in [0.4, 0.5) is 10.5 Å². The van der Waals surface area contributed by atoms with Crippen molar-refractivity contribution in [3.63, 3.8) is 0 Å². The number of hydrogen-bond acceptors (Lipinski definition) is 2. The summed E-state index contributed by atoms with van der Waals surface area (Å²) in [6.07, 6.45) is 5.60. The molecule has 0 atom stereocenters. The van der Waals surface area contributed by atoms with Crippen LogP contribution >= 0.6 is 11.6 Å². The van der Waals surface area contributed by atoms with Gasteiger partial charge in [-0.3, -0.25) is 0 Å².